The Balaban J connectivity index is 1.53. The van der Waals surface area contributed by atoms with Crippen molar-refractivity contribution in [2.45, 2.75) is 25.2 Å². The van der Waals surface area contributed by atoms with Gasteiger partial charge in [-0.25, -0.2) is 23.0 Å². The van der Waals surface area contributed by atoms with E-state index in [1.807, 2.05) is 12.1 Å². The molecule has 0 saturated heterocycles. The van der Waals surface area contributed by atoms with E-state index in [1.165, 1.54) is 23.0 Å². The van der Waals surface area contributed by atoms with Gasteiger partial charge in [0.15, 0.2) is 17.2 Å². The van der Waals surface area contributed by atoms with Crippen molar-refractivity contribution in [2.24, 2.45) is 0 Å². The first-order chi connectivity index (χ1) is 15.0. The molecule has 1 aromatic carbocycles. The van der Waals surface area contributed by atoms with Crippen LogP contribution in [0, 0.1) is 11.3 Å². The second kappa shape index (κ2) is 7.28. The predicted octanol–water partition coefficient (Wildman–Crippen LogP) is 3.85. The summed E-state index contributed by atoms with van der Waals surface area (Å²) in [5.74, 6) is -0.322. The molecule has 1 aliphatic carbocycles. The second-order valence-electron chi connectivity index (χ2n) is 7.20. The molecule has 0 aliphatic heterocycles. The SMILES string of the molecule is N#Cc1cnn(-c2ccccc2)c1NC(=O)c1cc2nc(C3CC3)cc(C(F)F)n2n1. The highest BCUT2D eigenvalue weighted by molar-refractivity contribution is 6.03. The van der Waals surface area contributed by atoms with Crippen molar-refractivity contribution in [3.8, 4) is 11.8 Å². The number of anilines is 1. The lowest BCUT2D eigenvalue weighted by molar-refractivity contribution is 0.102. The summed E-state index contributed by atoms with van der Waals surface area (Å²) in [6.45, 7) is 0. The molecule has 0 spiro atoms. The van der Waals surface area contributed by atoms with Crippen LogP contribution in [0.3, 0.4) is 0 Å². The van der Waals surface area contributed by atoms with Crippen LogP contribution in [-0.2, 0) is 0 Å². The summed E-state index contributed by atoms with van der Waals surface area (Å²) in [4.78, 5) is 17.3. The number of nitrogens with one attached hydrogen (secondary N) is 1. The van der Waals surface area contributed by atoms with Crippen molar-refractivity contribution in [3.05, 3.63) is 71.3 Å². The van der Waals surface area contributed by atoms with Crippen LogP contribution >= 0.6 is 0 Å². The number of halogens is 2. The van der Waals surface area contributed by atoms with Crippen LogP contribution < -0.4 is 5.32 Å². The Morgan fingerprint density at radius 3 is 2.68 bits per heavy atom. The third-order valence-electron chi connectivity index (χ3n) is 5.05. The molecule has 1 N–H and O–H groups in total. The summed E-state index contributed by atoms with van der Waals surface area (Å²) in [5, 5.41) is 20.2. The maximum atomic E-state index is 13.6. The molecule has 1 aliphatic rings. The molecular weight excluding hydrogens is 404 g/mol. The van der Waals surface area contributed by atoms with E-state index in [0.717, 1.165) is 17.4 Å². The Bertz CT molecular complexity index is 1330. The summed E-state index contributed by atoms with van der Waals surface area (Å²) in [6, 6.07) is 13.7. The van der Waals surface area contributed by atoms with E-state index in [9.17, 15) is 18.8 Å². The Morgan fingerprint density at radius 2 is 2.00 bits per heavy atom. The molecule has 31 heavy (non-hydrogen) atoms. The number of hydrogen-bond acceptors (Lipinski definition) is 5. The van der Waals surface area contributed by atoms with Crippen LogP contribution in [0.4, 0.5) is 14.6 Å². The van der Waals surface area contributed by atoms with Gasteiger partial charge in [-0.1, -0.05) is 18.2 Å². The molecule has 8 nitrogen and oxygen atoms in total. The number of amides is 1. The van der Waals surface area contributed by atoms with Gasteiger partial charge >= 0.3 is 0 Å². The number of carbonyl (C=O) groups excluding carboxylic acids is 1. The topological polar surface area (TPSA) is 101 Å². The fourth-order valence-electron chi connectivity index (χ4n) is 3.36. The number of aromatic nitrogens is 5. The number of alkyl halides is 2. The smallest absolute Gasteiger partial charge is 0.280 e. The molecule has 3 aromatic heterocycles. The Labute approximate surface area is 174 Å². The molecule has 10 heteroatoms. The van der Waals surface area contributed by atoms with Gasteiger partial charge in [0.05, 0.1) is 11.9 Å². The molecule has 154 valence electrons. The van der Waals surface area contributed by atoms with Crippen molar-refractivity contribution in [2.75, 3.05) is 5.32 Å². The van der Waals surface area contributed by atoms with Crippen molar-refractivity contribution in [1.29, 1.82) is 5.26 Å². The van der Waals surface area contributed by atoms with Crippen LogP contribution in [-0.4, -0.2) is 30.3 Å². The molecule has 5 rings (SSSR count). The van der Waals surface area contributed by atoms with Gasteiger partial charge in [-0.2, -0.15) is 15.5 Å². The maximum Gasteiger partial charge on any atom is 0.280 e. The molecular formula is C21H15F2N7O. The average Bonchev–Trinajstić information content (AvgIpc) is 3.41. The van der Waals surface area contributed by atoms with Crippen LogP contribution in [0.15, 0.2) is 48.7 Å². The molecule has 0 radical (unpaired) electrons. The zero-order valence-electron chi connectivity index (χ0n) is 16.0. The number of fused-ring (bicyclic) bond motifs is 1. The van der Waals surface area contributed by atoms with Crippen LogP contribution in [0.1, 0.15) is 52.6 Å². The van der Waals surface area contributed by atoms with Gasteiger partial charge in [0.25, 0.3) is 12.3 Å². The standard InChI is InChI=1S/C21H15F2N7O/c22-19(23)17-8-15(12-6-7-12)26-18-9-16(28-30(17)18)21(31)27-20-13(10-24)11-25-29(20)14-4-2-1-3-5-14/h1-5,8-9,11-12,19H,6-7H2,(H,27,31). The summed E-state index contributed by atoms with van der Waals surface area (Å²) >= 11 is 0. The quantitative estimate of drug-likeness (QED) is 0.529. The summed E-state index contributed by atoms with van der Waals surface area (Å²) in [7, 11) is 0. The highest BCUT2D eigenvalue weighted by Crippen LogP contribution is 2.40. The minimum Gasteiger partial charge on any atom is -0.304 e. The van der Waals surface area contributed by atoms with Gasteiger partial charge in [-0.15, -0.1) is 0 Å². The lowest BCUT2D eigenvalue weighted by atomic mass is 10.2. The van der Waals surface area contributed by atoms with E-state index >= 15 is 0 Å². The van der Waals surface area contributed by atoms with Gasteiger partial charge in [0, 0.05) is 17.7 Å². The summed E-state index contributed by atoms with van der Waals surface area (Å²) < 4.78 is 29.6. The van der Waals surface area contributed by atoms with E-state index in [2.05, 4.69) is 20.5 Å². The molecule has 1 amide bonds. The van der Waals surface area contributed by atoms with E-state index in [0.29, 0.717) is 11.4 Å². The maximum absolute atomic E-state index is 13.6. The average molecular weight is 419 g/mol. The number of hydrogen-bond donors (Lipinski definition) is 1. The van der Waals surface area contributed by atoms with Crippen molar-refractivity contribution in [3.63, 3.8) is 0 Å². The van der Waals surface area contributed by atoms with E-state index in [1.54, 1.807) is 24.3 Å². The Morgan fingerprint density at radius 1 is 1.23 bits per heavy atom. The van der Waals surface area contributed by atoms with Crippen LogP contribution in [0.5, 0.6) is 0 Å². The van der Waals surface area contributed by atoms with Gasteiger partial charge in [0.2, 0.25) is 0 Å². The van der Waals surface area contributed by atoms with E-state index in [-0.39, 0.29) is 34.3 Å². The molecule has 0 atom stereocenters. The molecule has 0 bridgehead atoms. The molecule has 4 aromatic rings. The largest absolute Gasteiger partial charge is 0.304 e. The van der Waals surface area contributed by atoms with Gasteiger partial charge in [0.1, 0.15) is 17.3 Å². The van der Waals surface area contributed by atoms with Crippen LogP contribution in [0.25, 0.3) is 11.3 Å². The molecule has 3 heterocycles. The third-order valence-corrected chi connectivity index (χ3v) is 5.05. The van der Waals surface area contributed by atoms with E-state index in [4.69, 9.17) is 0 Å². The number of benzene rings is 1. The second-order valence-corrected chi connectivity index (χ2v) is 7.20. The van der Waals surface area contributed by atoms with E-state index < -0.39 is 12.3 Å². The zero-order valence-corrected chi connectivity index (χ0v) is 16.0. The highest BCUT2D eigenvalue weighted by atomic mass is 19.3. The number of carbonyl (C=O) groups is 1. The normalized spacial score (nSPS) is 13.5. The number of rotatable bonds is 5. The van der Waals surface area contributed by atoms with Gasteiger partial charge in [-0.05, 0) is 31.0 Å². The van der Waals surface area contributed by atoms with Crippen molar-refractivity contribution in [1.82, 2.24) is 24.4 Å². The predicted molar refractivity (Wildman–Crippen MR) is 106 cm³/mol. The monoisotopic (exact) mass is 419 g/mol. The first-order valence-electron chi connectivity index (χ1n) is 9.59. The summed E-state index contributed by atoms with van der Waals surface area (Å²) in [6.07, 6.45) is 0.398. The van der Waals surface area contributed by atoms with Crippen molar-refractivity contribution < 1.29 is 13.6 Å². The first-order valence-corrected chi connectivity index (χ1v) is 9.59. The zero-order chi connectivity index (χ0) is 21.5. The highest BCUT2D eigenvalue weighted by Gasteiger charge is 2.28. The Kier molecular flexibility index (Phi) is 4.43. The third kappa shape index (κ3) is 3.40. The molecule has 1 saturated carbocycles. The molecule has 1 fully saturated rings. The lowest BCUT2D eigenvalue weighted by Crippen LogP contribution is -2.17. The first kappa shape index (κ1) is 18.9. The molecule has 0 unspecified atom stereocenters. The number of nitriles is 1. The summed E-state index contributed by atoms with van der Waals surface area (Å²) in [5.41, 5.74) is 1.17. The number of nitrogens with zero attached hydrogens (tertiary/aromatic N) is 6. The lowest BCUT2D eigenvalue weighted by Gasteiger charge is -2.08. The van der Waals surface area contributed by atoms with Gasteiger partial charge in [-0.3, -0.25) is 4.79 Å². The fourth-order valence-corrected chi connectivity index (χ4v) is 3.36. The van der Waals surface area contributed by atoms with Crippen molar-refractivity contribution >= 4 is 17.4 Å². The Hall–Kier alpha value is -4.13. The van der Waals surface area contributed by atoms with Gasteiger partial charge < -0.3 is 5.32 Å². The fraction of sp³-hybridized carbons (Fsp3) is 0.190. The van der Waals surface area contributed by atoms with Crippen LogP contribution in [0.2, 0.25) is 0 Å². The minimum atomic E-state index is -2.76. The number of para-hydroxylation sites is 1. The minimum absolute atomic E-state index is 0.0907.